The second-order valence-corrected chi connectivity index (χ2v) is 6.89. The normalized spacial score (nSPS) is 17.7. The molecule has 5 N–H and O–H groups in total. The van der Waals surface area contributed by atoms with Crippen molar-refractivity contribution in [3.8, 4) is 0 Å². The average Bonchev–Trinajstić information content (AvgIpc) is 2.61. The van der Waals surface area contributed by atoms with Crippen LogP contribution in [-0.4, -0.2) is 54.2 Å². The van der Waals surface area contributed by atoms with Gasteiger partial charge in [-0.3, -0.25) is 0 Å². The predicted octanol–water partition coefficient (Wildman–Crippen LogP) is 3.01. The first-order valence-electron chi connectivity index (χ1n) is 8.74. The van der Waals surface area contributed by atoms with Crippen LogP contribution in [0.2, 0.25) is 0 Å². The molecule has 1 aromatic rings. The molecule has 0 unspecified atom stereocenters. The van der Waals surface area contributed by atoms with Gasteiger partial charge in [0.05, 0.1) is 5.70 Å². The van der Waals surface area contributed by atoms with Crippen LogP contribution in [0, 0.1) is 11.3 Å². The summed E-state index contributed by atoms with van der Waals surface area (Å²) in [6.45, 7) is 3.04. The molecule has 1 aliphatic heterocycles. The van der Waals surface area contributed by atoms with E-state index in [1.54, 1.807) is 12.1 Å². The Labute approximate surface area is 156 Å². The number of halogens is 3. The van der Waals surface area contributed by atoms with Crippen molar-refractivity contribution >= 4 is 11.9 Å². The molecule has 27 heavy (non-hydrogen) atoms. The number of piperidine rings is 1. The van der Waals surface area contributed by atoms with Gasteiger partial charge in [0.15, 0.2) is 0 Å². The Balaban J connectivity index is 1.92. The number of nitrogens with zero attached hydrogens (tertiary/aromatic N) is 2. The van der Waals surface area contributed by atoms with Gasteiger partial charge in [0.2, 0.25) is 0 Å². The fourth-order valence-corrected chi connectivity index (χ4v) is 3.10. The molecule has 2 rings (SSSR count). The predicted molar refractivity (Wildman–Crippen MR) is 98.5 cm³/mol. The standard InChI is InChI=1S/C18H26F3N5O/c1-25(12-14-6-8-26(27)9-7-14)11-13-2-4-15(5-3-13)24-16(10-22)17(23)18(19,20)21/h2-5,10,14,22,24,27H,6-9,11-12,23H2,1H3/b17-16+,22-10?. The third-order valence-corrected chi connectivity index (χ3v) is 4.59. The van der Waals surface area contributed by atoms with E-state index in [0.29, 0.717) is 30.9 Å². The molecule has 0 spiro atoms. The molecule has 1 saturated heterocycles. The summed E-state index contributed by atoms with van der Waals surface area (Å²) in [5.74, 6) is 0.546. The summed E-state index contributed by atoms with van der Waals surface area (Å²) in [6.07, 6.45) is -2.21. The number of alkyl halides is 3. The zero-order valence-corrected chi connectivity index (χ0v) is 15.3. The Morgan fingerprint density at radius 3 is 2.44 bits per heavy atom. The number of anilines is 1. The average molecular weight is 385 g/mol. The Hall–Kier alpha value is -2.10. The highest BCUT2D eigenvalue weighted by Gasteiger charge is 2.34. The van der Waals surface area contributed by atoms with Crippen molar-refractivity contribution in [2.45, 2.75) is 25.6 Å². The molecule has 150 valence electrons. The largest absolute Gasteiger partial charge is 0.432 e. The molecule has 6 nitrogen and oxygen atoms in total. The van der Waals surface area contributed by atoms with E-state index in [4.69, 9.17) is 11.1 Å². The molecule has 1 fully saturated rings. The lowest BCUT2D eigenvalue weighted by atomic mass is 9.97. The number of hydroxylamine groups is 2. The minimum absolute atomic E-state index is 0.433. The van der Waals surface area contributed by atoms with Gasteiger partial charge in [-0.15, -0.1) is 0 Å². The van der Waals surface area contributed by atoms with Crippen LogP contribution < -0.4 is 11.1 Å². The molecule has 0 atom stereocenters. The molecule has 0 radical (unpaired) electrons. The van der Waals surface area contributed by atoms with Gasteiger partial charge in [0.1, 0.15) is 5.70 Å². The van der Waals surface area contributed by atoms with Gasteiger partial charge in [-0.25, -0.2) is 0 Å². The number of nitrogens with two attached hydrogens (primary N) is 1. The molecular weight excluding hydrogens is 359 g/mol. The first-order valence-corrected chi connectivity index (χ1v) is 8.74. The Morgan fingerprint density at radius 1 is 1.33 bits per heavy atom. The molecule has 0 aromatic heterocycles. The van der Waals surface area contributed by atoms with Crippen LogP contribution in [0.1, 0.15) is 18.4 Å². The Bertz CT molecular complexity index is 652. The van der Waals surface area contributed by atoms with E-state index in [1.165, 1.54) is 5.06 Å². The van der Waals surface area contributed by atoms with Crippen molar-refractivity contribution in [1.82, 2.24) is 9.96 Å². The van der Waals surface area contributed by atoms with Crippen LogP contribution in [0.5, 0.6) is 0 Å². The fraction of sp³-hybridized carbons (Fsp3) is 0.500. The van der Waals surface area contributed by atoms with Crippen molar-refractivity contribution in [2.24, 2.45) is 11.7 Å². The lowest BCUT2D eigenvalue weighted by molar-refractivity contribution is -0.113. The zero-order chi connectivity index (χ0) is 20.0. The minimum atomic E-state index is -4.69. The molecule has 1 aromatic carbocycles. The molecule has 0 saturated carbocycles. The van der Waals surface area contributed by atoms with Crippen molar-refractivity contribution < 1.29 is 18.4 Å². The zero-order valence-electron chi connectivity index (χ0n) is 15.3. The van der Waals surface area contributed by atoms with Crippen LogP contribution in [0.3, 0.4) is 0 Å². The maximum atomic E-state index is 12.7. The van der Waals surface area contributed by atoms with E-state index in [-0.39, 0.29) is 0 Å². The maximum Gasteiger partial charge on any atom is 0.432 e. The van der Waals surface area contributed by atoms with Gasteiger partial charge in [0.25, 0.3) is 0 Å². The summed E-state index contributed by atoms with van der Waals surface area (Å²) in [4.78, 5) is 2.20. The summed E-state index contributed by atoms with van der Waals surface area (Å²) >= 11 is 0. The fourth-order valence-electron chi connectivity index (χ4n) is 3.10. The SMILES string of the molecule is CN(Cc1ccc(N/C(C=N)=C(/N)C(F)(F)F)cc1)CC1CCN(O)CC1. The summed E-state index contributed by atoms with van der Waals surface area (Å²) in [6, 6.07) is 7.00. The Kier molecular flexibility index (Phi) is 7.23. The minimum Gasteiger partial charge on any atom is -0.393 e. The summed E-state index contributed by atoms with van der Waals surface area (Å²) < 4.78 is 38.0. The molecule has 0 bridgehead atoms. The van der Waals surface area contributed by atoms with E-state index >= 15 is 0 Å². The first-order chi connectivity index (χ1) is 12.7. The van der Waals surface area contributed by atoms with Crippen molar-refractivity contribution in [3.63, 3.8) is 0 Å². The van der Waals surface area contributed by atoms with E-state index in [2.05, 4.69) is 10.2 Å². The van der Waals surface area contributed by atoms with E-state index in [0.717, 1.165) is 31.5 Å². The second-order valence-electron chi connectivity index (χ2n) is 6.89. The highest BCUT2D eigenvalue weighted by molar-refractivity contribution is 5.82. The van der Waals surface area contributed by atoms with Crippen molar-refractivity contribution in [1.29, 1.82) is 5.41 Å². The van der Waals surface area contributed by atoms with Crippen LogP contribution in [0.15, 0.2) is 35.7 Å². The first kappa shape index (κ1) is 21.2. The number of benzene rings is 1. The van der Waals surface area contributed by atoms with Crippen LogP contribution in [0.25, 0.3) is 0 Å². The smallest absolute Gasteiger partial charge is 0.393 e. The number of hydrogen-bond donors (Lipinski definition) is 4. The number of rotatable bonds is 7. The van der Waals surface area contributed by atoms with E-state index < -0.39 is 17.6 Å². The van der Waals surface area contributed by atoms with Gasteiger partial charge >= 0.3 is 6.18 Å². The lowest BCUT2D eigenvalue weighted by Crippen LogP contribution is -2.35. The summed E-state index contributed by atoms with van der Waals surface area (Å²) in [5.41, 5.74) is 4.72. The third-order valence-electron chi connectivity index (χ3n) is 4.59. The molecule has 9 heteroatoms. The van der Waals surface area contributed by atoms with Crippen LogP contribution in [0.4, 0.5) is 18.9 Å². The molecule has 1 aliphatic rings. The molecular formula is C18H26F3N5O. The lowest BCUT2D eigenvalue weighted by Gasteiger charge is -2.30. The summed E-state index contributed by atoms with van der Waals surface area (Å²) in [5, 5.41) is 20.4. The molecule has 0 aliphatic carbocycles. The number of nitrogens with one attached hydrogen (secondary N) is 2. The maximum absolute atomic E-state index is 12.7. The number of allylic oxidation sites excluding steroid dienone is 2. The van der Waals surface area contributed by atoms with E-state index in [1.807, 2.05) is 19.2 Å². The van der Waals surface area contributed by atoms with Crippen LogP contribution in [-0.2, 0) is 6.54 Å². The molecule has 0 amide bonds. The van der Waals surface area contributed by atoms with Crippen molar-refractivity contribution in [3.05, 3.63) is 41.2 Å². The van der Waals surface area contributed by atoms with Crippen molar-refractivity contribution in [2.75, 3.05) is 32.0 Å². The third kappa shape index (κ3) is 6.53. The summed E-state index contributed by atoms with van der Waals surface area (Å²) in [7, 11) is 2.03. The highest BCUT2D eigenvalue weighted by atomic mass is 19.4. The van der Waals surface area contributed by atoms with Gasteiger partial charge in [-0.05, 0) is 43.5 Å². The van der Waals surface area contributed by atoms with Crippen LogP contribution >= 0.6 is 0 Å². The second kappa shape index (κ2) is 9.20. The van der Waals surface area contributed by atoms with Gasteiger partial charge < -0.3 is 26.6 Å². The monoisotopic (exact) mass is 385 g/mol. The quantitative estimate of drug-likeness (QED) is 0.542. The molecule has 1 heterocycles. The van der Waals surface area contributed by atoms with Gasteiger partial charge in [-0.2, -0.15) is 18.2 Å². The number of hydrogen-bond acceptors (Lipinski definition) is 6. The topological polar surface area (TPSA) is 88.6 Å². The van der Waals surface area contributed by atoms with E-state index in [9.17, 15) is 18.4 Å². The van der Waals surface area contributed by atoms with Gasteiger partial charge in [-0.1, -0.05) is 12.1 Å². The van der Waals surface area contributed by atoms with Gasteiger partial charge in [0, 0.05) is 38.1 Å². The highest BCUT2D eigenvalue weighted by Crippen LogP contribution is 2.24. The Morgan fingerprint density at radius 2 is 1.93 bits per heavy atom.